The second-order valence-corrected chi connectivity index (χ2v) is 3.15. The average Bonchev–Trinajstić information content (AvgIpc) is 2.51. The van der Waals surface area contributed by atoms with E-state index in [1.807, 2.05) is 6.92 Å². The summed E-state index contributed by atoms with van der Waals surface area (Å²) in [5.74, 6) is 0.926. The van der Waals surface area contributed by atoms with Crippen molar-refractivity contribution in [3.05, 3.63) is 41.9 Å². The molecule has 0 aliphatic carbocycles. The number of furan rings is 1. The van der Waals surface area contributed by atoms with Gasteiger partial charge in [-0.15, -0.1) is 0 Å². The fraction of sp³-hybridized carbons (Fsp3) is 0.0909. The summed E-state index contributed by atoms with van der Waals surface area (Å²) in [4.78, 5) is 0. The molecule has 0 fully saturated rings. The molecule has 0 bridgehead atoms. The molecular formula is C11H10FNO. The molecule has 0 atom stereocenters. The molecule has 2 N–H and O–H groups in total. The molecule has 1 aromatic heterocycles. The zero-order valence-electron chi connectivity index (χ0n) is 7.75. The van der Waals surface area contributed by atoms with Crippen molar-refractivity contribution in [2.75, 3.05) is 5.73 Å². The Morgan fingerprint density at radius 1 is 1.21 bits per heavy atom. The Hall–Kier alpha value is -1.77. The van der Waals surface area contributed by atoms with Gasteiger partial charge in [-0.3, -0.25) is 0 Å². The summed E-state index contributed by atoms with van der Waals surface area (Å²) in [6, 6.07) is 8.08. The van der Waals surface area contributed by atoms with Crippen molar-refractivity contribution in [1.29, 1.82) is 0 Å². The molecule has 72 valence electrons. The van der Waals surface area contributed by atoms with Crippen molar-refractivity contribution in [3.8, 4) is 11.3 Å². The van der Waals surface area contributed by atoms with Crippen LogP contribution in [0.3, 0.4) is 0 Å². The number of nitrogen functional groups attached to an aromatic ring is 1. The fourth-order valence-corrected chi connectivity index (χ4v) is 1.31. The molecule has 2 nitrogen and oxygen atoms in total. The molecule has 0 aliphatic rings. The zero-order chi connectivity index (χ0) is 10.1. The third-order valence-electron chi connectivity index (χ3n) is 2.00. The van der Waals surface area contributed by atoms with E-state index in [1.54, 1.807) is 24.3 Å². The van der Waals surface area contributed by atoms with Gasteiger partial charge < -0.3 is 10.2 Å². The Morgan fingerprint density at radius 2 is 2.00 bits per heavy atom. The standard InChI is InChI=1S/C11H10FNO/c1-7-2-5-11(14-7)9-4-3-8(13)6-10(9)12/h2-6H,13H2,1H3. The summed E-state index contributed by atoms with van der Waals surface area (Å²) >= 11 is 0. The van der Waals surface area contributed by atoms with Crippen LogP contribution in [0.5, 0.6) is 0 Å². The van der Waals surface area contributed by atoms with E-state index in [9.17, 15) is 4.39 Å². The molecule has 0 aliphatic heterocycles. The van der Waals surface area contributed by atoms with Gasteiger partial charge in [-0.2, -0.15) is 0 Å². The van der Waals surface area contributed by atoms with Gasteiger partial charge in [0.2, 0.25) is 0 Å². The highest BCUT2D eigenvalue weighted by Gasteiger charge is 2.08. The van der Waals surface area contributed by atoms with Gasteiger partial charge in [-0.1, -0.05) is 0 Å². The molecule has 2 rings (SSSR count). The summed E-state index contributed by atoms with van der Waals surface area (Å²) in [6.07, 6.45) is 0. The van der Waals surface area contributed by atoms with Gasteiger partial charge in [0.15, 0.2) is 0 Å². The fourth-order valence-electron chi connectivity index (χ4n) is 1.31. The van der Waals surface area contributed by atoms with E-state index in [0.29, 0.717) is 17.0 Å². The van der Waals surface area contributed by atoms with Crippen LogP contribution in [0.25, 0.3) is 11.3 Å². The summed E-state index contributed by atoms with van der Waals surface area (Å²) < 4.78 is 18.7. The minimum absolute atomic E-state index is 0.362. The third-order valence-corrected chi connectivity index (χ3v) is 2.00. The summed E-state index contributed by atoms with van der Waals surface area (Å²) in [5.41, 5.74) is 6.29. The first-order chi connectivity index (χ1) is 6.66. The maximum absolute atomic E-state index is 13.4. The Balaban J connectivity index is 2.52. The van der Waals surface area contributed by atoms with Crippen LogP contribution in [-0.2, 0) is 0 Å². The number of halogens is 1. The number of rotatable bonds is 1. The second-order valence-electron chi connectivity index (χ2n) is 3.15. The lowest BCUT2D eigenvalue weighted by Crippen LogP contribution is -1.88. The largest absolute Gasteiger partial charge is 0.461 e. The Labute approximate surface area is 81.2 Å². The zero-order valence-corrected chi connectivity index (χ0v) is 7.75. The van der Waals surface area contributed by atoms with Crippen molar-refractivity contribution in [2.45, 2.75) is 6.92 Å². The van der Waals surface area contributed by atoms with Crippen molar-refractivity contribution in [3.63, 3.8) is 0 Å². The summed E-state index contributed by atoms with van der Waals surface area (Å²) in [7, 11) is 0. The summed E-state index contributed by atoms with van der Waals surface area (Å²) in [5, 5.41) is 0. The van der Waals surface area contributed by atoms with Gasteiger partial charge >= 0.3 is 0 Å². The maximum Gasteiger partial charge on any atom is 0.137 e. The van der Waals surface area contributed by atoms with Crippen LogP contribution in [0.1, 0.15) is 5.76 Å². The van der Waals surface area contributed by atoms with Crippen LogP contribution in [0, 0.1) is 12.7 Å². The molecule has 0 spiro atoms. The lowest BCUT2D eigenvalue weighted by molar-refractivity contribution is 0.541. The first-order valence-corrected chi connectivity index (χ1v) is 4.28. The molecule has 3 heteroatoms. The van der Waals surface area contributed by atoms with Crippen LogP contribution in [0.2, 0.25) is 0 Å². The normalized spacial score (nSPS) is 10.4. The molecule has 0 unspecified atom stereocenters. The molecule has 1 heterocycles. The van der Waals surface area contributed by atoms with Crippen molar-refractivity contribution in [2.24, 2.45) is 0 Å². The monoisotopic (exact) mass is 191 g/mol. The molecular weight excluding hydrogens is 181 g/mol. The van der Waals surface area contributed by atoms with Crippen LogP contribution >= 0.6 is 0 Å². The third kappa shape index (κ3) is 1.48. The quantitative estimate of drug-likeness (QED) is 0.704. The van der Waals surface area contributed by atoms with Gasteiger partial charge in [0, 0.05) is 5.69 Å². The van der Waals surface area contributed by atoms with Crippen molar-refractivity contribution < 1.29 is 8.81 Å². The molecule has 0 saturated heterocycles. The second kappa shape index (κ2) is 3.18. The lowest BCUT2D eigenvalue weighted by Gasteiger charge is -2.00. The van der Waals surface area contributed by atoms with E-state index in [4.69, 9.17) is 10.2 Å². The van der Waals surface area contributed by atoms with Gasteiger partial charge in [-0.25, -0.2) is 4.39 Å². The van der Waals surface area contributed by atoms with Gasteiger partial charge in [-0.05, 0) is 37.3 Å². The van der Waals surface area contributed by atoms with Gasteiger partial charge in [0.05, 0.1) is 5.56 Å². The molecule has 0 radical (unpaired) electrons. The van der Waals surface area contributed by atoms with Gasteiger partial charge in [0.1, 0.15) is 17.3 Å². The van der Waals surface area contributed by atoms with E-state index in [2.05, 4.69) is 0 Å². The Morgan fingerprint density at radius 3 is 2.57 bits per heavy atom. The number of anilines is 1. The molecule has 1 aromatic carbocycles. The minimum atomic E-state index is -0.362. The van der Waals surface area contributed by atoms with E-state index >= 15 is 0 Å². The SMILES string of the molecule is Cc1ccc(-c2ccc(N)cc2F)o1. The lowest BCUT2D eigenvalue weighted by atomic mass is 10.1. The van der Waals surface area contributed by atoms with Crippen LogP contribution in [0.15, 0.2) is 34.7 Å². The van der Waals surface area contributed by atoms with Crippen molar-refractivity contribution in [1.82, 2.24) is 0 Å². The minimum Gasteiger partial charge on any atom is -0.461 e. The van der Waals surface area contributed by atoms with Crippen LogP contribution in [-0.4, -0.2) is 0 Å². The number of hydrogen-bond donors (Lipinski definition) is 1. The summed E-state index contributed by atoms with van der Waals surface area (Å²) in [6.45, 7) is 1.82. The Bertz CT molecular complexity index is 462. The molecule has 0 saturated carbocycles. The highest BCUT2D eigenvalue weighted by atomic mass is 19.1. The highest BCUT2D eigenvalue weighted by molar-refractivity contribution is 5.61. The first-order valence-electron chi connectivity index (χ1n) is 4.28. The van der Waals surface area contributed by atoms with Gasteiger partial charge in [0.25, 0.3) is 0 Å². The van der Waals surface area contributed by atoms with E-state index in [1.165, 1.54) is 6.07 Å². The number of nitrogens with two attached hydrogens (primary N) is 1. The highest BCUT2D eigenvalue weighted by Crippen LogP contribution is 2.25. The first kappa shape index (κ1) is 8.81. The Kier molecular flexibility index (Phi) is 2.00. The van der Waals surface area contributed by atoms with Crippen LogP contribution in [0.4, 0.5) is 10.1 Å². The van der Waals surface area contributed by atoms with E-state index in [0.717, 1.165) is 5.76 Å². The average molecular weight is 191 g/mol. The molecule has 14 heavy (non-hydrogen) atoms. The smallest absolute Gasteiger partial charge is 0.137 e. The van der Waals surface area contributed by atoms with E-state index in [-0.39, 0.29) is 5.82 Å². The molecule has 0 amide bonds. The predicted octanol–water partition coefficient (Wildman–Crippen LogP) is 2.98. The maximum atomic E-state index is 13.4. The number of benzene rings is 1. The van der Waals surface area contributed by atoms with E-state index < -0.39 is 0 Å². The van der Waals surface area contributed by atoms with Crippen LogP contribution < -0.4 is 5.73 Å². The number of aryl methyl sites for hydroxylation is 1. The number of hydrogen-bond acceptors (Lipinski definition) is 2. The topological polar surface area (TPSA) is 39.2 Å². The molecule has 2 aromatic rings. The van der Waals surface area contributed by atoms with Crippen molar-refractivity contribution >= 4 is 5.69 Å². The predicted molar refractivity (Wildman–Crippen MR) is 53.3 cm³/mol.